The molecule has 5 rings (SSSR count). The number of nitrogens with one attached hydrogen (secondary N) is 2. The molecule has 1 saturated carbocycles. The van der Waals surface area contributed by atoms with Gasteiger partial charge in [-0.3, -0.25) is 9.59 Å². The number of primary amides is 1. The zero-order chi connectivity index (χ0) is 31.6. The molecule has 7 N–H and O–H groups in total. The minimum atomic E-state index is -0.737. The van der Waals surface area contributed by atoms with Crippen molar-refractivity contribution >= 4 is 45.4 Å². The molecule has 3 aromatic carbocycles. The summed E-state index contributed by atoms with van der Waals surface area (Å²) >= 11 is 0. The number of carbonyl (C=O) groups is 3. The number of amides is 3. The molecule has 0 aliphatic heterocycles. The van der Waals surface area contributed by atoms with Crippen molar-refractivity contribution in [3.05, 3.63) is 83.0 Å². The quantitative estimate of drug-likeness (QED) is 0.0899. The van der Waals surface area contributed by atoms with Crippen LogP contribution in [0.5, 0.6) is 0 Å². The lowest BCUT2D eigenvalue weighted by molar-refractivity contribution is 0.0487. The third kappa shape index (κ3) is 6.46. The van der Waals surface area contributed by atoms with E-state index in [1.807, 2.05) is 63.2 Å². The van der Waals surface area contributed by atoms with Crippen LogP contribution >= 0.6 is 0 Å². The molecule has 1 aromatic heterocycles. The van der Waals surface area contributed by atoms with Crippen molar-refractivity contribution in [2.45, 2.75) is 70.7 Å². The first-order valence-electron chi connectivity index (χ1n) is 14.7. The maximum Gasteiger partial charge on any atom is 0.407 e. The van der Waals surface area contributed by atoms with E-state index in [2.05, 4.69) is 15.8 Å². The molecule has 44 heavy (non-hydrogen) atoms. The largest absolute Gasteiger partial charge is 0.444 e. The van der Waals surface area contributed by atoms with Gasteiger partial charge in [-0.25, -0.2) is 4.79 Å². The van der Waals surface area contributed by atoms with Gasteiger partial charge < -0.3 is 36.6 Å². The van der Waals surface area contributed by atoms with Crippen LogP contribution in [0.15, 0.2) is 65.8 Å². The van der Waals surface area contributed by atoms with Crippen molar-refractivity contribution in [3.8, 4) is 0 Å². The normalized spacial score (nSPS) is 17.4. The number of amidine groups is 1. The number of carbonyl (C=O) groups excluding carboxylic acids is 3. The lowest BCUT2D eigenvalue weighted by Gasteiger charge is -2.30. The highest BCUT2D eigenvalue weighted by molar-refractivity contribution is 6.16. The summed E-state index contributed by atoms with van der Waals surface area (Å²) < 4.78 is 7.15. The molecule has 1 heterocycles. The SMILES string of the molecule is CC(C)(C)OC(=O)N[C@H]1CC[C@H](NC(=O)c2c(C(N)=O)c3ccc(C(N)=NO)cc3n2Cc2cccc3ccccc23)CC1. The van der Waals surface area contributed by atoms with Crippen molar-refractivity contribution < 1.29 is 24.3 Å². The van der Waals surface area contributed by atoms with E-state index in [1.165, 1.54) is 0 Å². The van der Waals surface area contributed by atoms with Crippen LogP contribution in [-0.4, -0.2) is 51.2 Å². The average molecular weight is 599 g/mol. The number of alkyl carbamates (subject to hydrolysis) is 1. The van der Waals surface area contributed by atoms with Crippen molar-refractivity contribution in [2.75, 3.05) is 0 Å². The molecule has 0 radical (unpaired) electrons. The molecule has 3 amide bonds. The Labute approximate surface area is 255 Å². The number of oxime groups is 1. The van der Waals surface area contributed by atoms with Gasteiger partial charge >= 0.3 is 6.09 Å². The average Bonchev–Trinajstić information content (AvgIpc) is 3.30. The third-order valence-electron chi connectivity index (χ3n) is 7.92. The Morgan fingerprint density at radius 2 is 1.59 bits per heavy atom. The van der Waals surface area contributed by atoms with Crippen LogP contribution in [0.25, 0.3) is 21.7 Å². The van der Waals surface area contributed by atoms with Gasteiger partial charge in [0.2, 0.25) is 0 Å². The highest BCUT2D eigenvalue weighted by atomic mass is 16.6. The van der Waals surface area contributed by atoms with Crippen LogP contribution in [-0.2, 0) is 11.3 Å². The number of benzene rings is 3. The minimum absolute atomic E-state index is 0.0611. The molecule has 11 nitrogen and oxygen atoms in total. The second-order valence-corrected chi connectivity index (χ2v) is 12.2. The zero-order valence-corrected chi connectivity index (χ0v) is 25.1. The Balaban J connectivity index is 1.49. The second-order valence-electron chi connectivity index (χ2n) is 12.2. The summed E-state index contributed by atoms with van der Waals surface area (Å²) in [6.07, 6.45) is 2.13. The fraction of sp³-hybridized carbons (Fsp3) is 0.333. The van der Waals surface area contributed by atoms with E-state index in [9.17, 15) is 19.6 Å². The zero-order valence-electron chi connectivity index (χ0n) is 25.1. The summed E-state index contributed by atoms with van der Waals surface area (Å²) in [5.41, 5.74) is 13.4. The molecule has 1 fully saturated rings. The first kappa shape index (κ1) is 30.4. The summed E-state index contributed by atoms with van der Waals surface area (Å²) in [5.74, 6) is -1.27. The van der Waals surface area contributed by atoms with E-state index in [1.54, 1.807) is 22.8 Å². The maximum atomic E-state index is 14.1. The van der Waals surface area contributed by atoms with Crippen LogP contribution in [0.4, 0.5) is 4.79 Å². The molecule has 4 aromatic rings. The summed E-state index contributed by atoms with van der Waals surface area (Å²) in [4.78, 5) is 39.2. The van der Waals surface area contributed by atoms with Gasteiger partial charge in [0.1, 0.15) is 11.3 Å². The predicted octanol–water partition coefficient (Wildman–Crippen LogP) is 4.60. The number of ether oxygens (including phenoxy) is 1. The standard InChI is InChI=1S/C33H38N6O5/c1-33(2,3)44-32(42)37-23-14-12-22(13-15-23)36-31(41)28-27(30(35)40)25-16-11-20(29(34)38-43)17-26(25)39(28)18-21-9-6-8-19-7-4-5-10-24(19)21/h4-11,16-17,22-23,43H,12-15,18H2,1-3H3,(H2,34,38)(H2,35,40)(H,36,41)(H,37,42)/t22-,23-. The van der Waals surface area contributed by atoms with E-state index in [0.717, 1.165) is 16.3 Å². The molecule has 0 atom stereocenters. The Kier molecular flexibility index (Phi) is 8.48. The topological polar surface area (TPSA) is 174 Å². The fourth-order valence-electron chi connectivity index (χ4n) is 5.93. The van der Waals surface area contributed by atoms with Gasteiger partial charge in [0.15, 0.2) is 5.84 Å². The smallest absolute Gasteiger partial charge is 0.407 e. The first-order chi connectivity index (χ1) is 20.9. The summed E-state index contributed by atoms with van der Waals surface area (Å²) in [7, 11) is 0. The molecule has 0 spiro atoms. The Bertz CT molecular complexity index is 1760. The lowest BCUT2D eigenvalue weighted by Crippen LogP contribution is -2.45. The molecule has 230 valence electrons. The van der Waals surface area contributed by atoms with Gasteiger partial charge in [-0.15, -0.1) is 0 Å². The summed E-state index contributed by atoms with van der Waals surface area (Å²) in [6.45, 7) is 5.71. The van der Waals surface area contributed by atoms with Gasteiger partial charge in [0.05, 0.1) is 11.1 Å². The number of nitrogens with zero attached hydrogens (tertiary/aromatic N) is 2. The first-order valence-corrected chi connectivity index (χ1v) is 14.7. The molecule has 0 bridgehead atoms. The van der Waals surface area contributed by atoms with Crippen LogP contribution in [0.1, 0.15) is 78.4 Å². The van der Waals surface area contributed by atoms with Crippen LogP contribution in [0.2, 0.25) is 0 Å². The van der Waals surface area contributed by atoms with Crippen LogP contribution < -0.4 is 22.1 Å². The third-order valence-corrected chi connectivity index (χ3v) is 7.92. The summed E-state index contributed by atoms with van der Waals surface area (Å²) in [6, 6.07) is 18.6. The number of fused-ring (bicyclic) bond motifs is 2. The number of hydrogen-bond donors (Lipinski definition) is 5. The minimum Gasteiger partial charge on any atom is -0.444 e. The van der Waals surface area contributed by atoms with Crippen molar-refractivity contribution in [3.63, 3.8) is 0 Å². The Morgan fingerprint density at radius 3 is 2.25 bits per heavy atom. The highest BCUT2D eigenvalue weighted by Gasteiger charge is 2.30. The molecular weight excluding hydrogens is 560 g/mol. The van der Waals surface area contributed by atoms with Crippen LogP contribution in [0.3, 0.4) is 0 Å². The summed E-state index contributed by atoms with van der Waals surface area (Å²) in [5, 5.41) is 21.0. The molecule has 11 heteroatoms. The number of rotatable bonds is 7. The maximum absolute atomic E-state index is 14.1. The van der Waals surface area contributed by atoms with E-state index in [0.29, 0.717) is 42.1 Å². The molecule has 1 aliphatic carbocycles. The molecule has 0 saturated heterocycles. The van der Waals surface area contributed by atoms with Gasteiger partial charge in [-0.1, -0.05) is 59.8 Å². The van der Waals surface area contributed by atoms with Gasteiger partial charge in [0.25, 0.3) is 11.8 Å². The molecule has 0 unspecified atom stereocenters. The van der Waals surface area contributed by atoms with Gasteiger partial charge in [-0.05, 0) is 68.9 Å². The lowest BCUT2D eigenvalue weighted by atomic mass is 9.91. The van der Waals surface area contributed by atoms with E-state index >= 15 is 0 Å². The van der Waals surface area contributed by atoms with Crippen LogP contribution in [0, 0.1) is 0 Å². The number of hydrogen-bond acceptors (Lipinski definition) is 6. The van der Waals surface area contributed by atoms with Crippen molar-refractivity contribution in [2.24, 2.45) is 16.6 Å². The second kappa shape index (κ2) is 12.3. The highest BCUT2D eigenvalue weighted by Crippen LogP contribution is 2.31. The Hall–Kier alpha value is -5.06. The van der Waals surface area contributed by atoms with Gasteiger partial charge in [0, 0.05) is 29.6 Å². The van der Waals surface area contributed by atoms with E-state index < -0.39 is 23.5 Å². The van der Waals surface area contributed by atoms with E-state index in [4.69, 9.17) is 16.2 Å². The number of nitrogens with two attached hydrogens (primary N) is 2. The molecular formula is C33H38N6O5. The van der Waals surface area contributed by atoms with E-state index in [-0.39, 0.29) is 35.7 Å². The monoisotopic (exact) mass is 598 g/mol. The van der Waals surface area contributed by atoms with Crippen molar-refractivity contribution in [1.29, 1.82) is 0 Å². The fourth-order valence-corrected chi connectivity index (χ4v) is 5.93. The molecule has 1 aliphatic rings. The van der Waals surface area contributed by atoms with Crippen molar-refractivity contribution in [1.82, 2.24) is 15.2 Å². The Morgan fingerprint density at radius 1 is 0.932 bits per heavy atom. The number of aromatic nitrogens is 1. The van der Waals surface area contributed by atoms with Gasteiger partial charge in [-0.2, -0.15) is 0 Å². The predicted molar refractivity (Wildman–Crippen MR) is 169 cm³/mol.